The number of carbonyl (C=O) groups is 1. The number of nitrogens with zero attached hydrogens (tertiary/aromatic N) is 2. The predicted molar refractivity (Wildman–Crippen MR) is 147 cm³/mol. The first-order valence-electron chi connectivity index (χ1n) is 12.4. The quantitative estimate of drug-likeness (QED) is 0.274. The van der Waals surface area contributed by atoms with E-state index in [-0.39, 0.29) is 11.4 Å². The third-order valence-corrected chi connectivity index (χ3v) is 6.63. The van der Waals surface area contributed by atoms with Gasteiger partial charge in [0.15, 0.2) is 0 Å². The van der Waals surface area contributed by atoms with E-state index in [4.69, 9.17) is 5.73 Å². The molecular weight excluding hydrogens is 466 g/mol. The van der Waals surface area contributed by atoms with E-state index in [1.807, 2.05) is 12.1 Å². The number of likely N-dealkylation sites (tertiary alicyclic amines) is 1. The third-order valence-electron chi connectivity index (χ3n) is 6.63. The van der Waals surface area contributed by atoms with Crippen LogP contribution in [0.25, 0.3) is 10.8 Å². The van der Waals surface area contributed by atoms with Crippen molar-refractivity contribution in [2.24, 2.45) is 10.7 Å². The van der Waals surface area contributed by atoms with Crippen LogP contribution in [0.2, 0.25) is 0 Å². The number of benzene rings is 3. The fraction of sp³-hybridized carbons (Fsp3) is 0.207. The molecule has 0 saturated carbocycles. The maximum atomic E-state index is 12.5. The van der Waals surface area contributed by atoms with E-state index in [1.165, 1.54) is 24.8 Å². The summed E-state index contributed by atoms with van der Waals surface area (Å²) in [6.07, 6.45) is 5.41. The highest BCUT2D eigenvalue weighted by Crippen LogP contribution is 2.27. The summed E-state index contributed by atoms with van der Waals surface area (Å²) < 4.78 is 0. The van der Waals surface area contributed by atoms with Crippen LogP contribution in [0.3, 0.4) is 0 Å². The number of hydrogen-bond donors (Lipinski definition) is 4. The number of hydrogen-bond acceptors (Lipinski definition) is 6. The van der Waals surface area contributed by atoms with Gasteiger partial charge in [-0.3, -0.25) is 24.5 Å². The molecule has 0 spiro atoms. The minimum absolute atomic E-state index is 0.245. The Kier molecular flexibility index (Phi) is 7.00. The Morgan fingerprint density at radius 2 is 1.68 bits per heavy atom. The van der Waals surface area contributed by atoms with Gasteiger partial charge in [-0.2, -0.15) is 0 Å². The second-order valence-corrected chi connectivity index (χ2v) is 9.30. The number of anilines is 2. The van der Waals surface area contributed by atoms with Gasteiger partial charge >= 0.3 is 0 Å². The second kappa shape index (κ2) is 10.7. The summed E-state index contributed by atoms with van der Waals surface area (Å²) >= 11 is 0. The van der Waals surface area contributed by atoms with E-state index in [1.54, 1.807) is 48.7 Å². The predicted octanol–water partition coefficient (Wildman–Crippen LogP) is 4.81. The smallest absolute Gasteiger partial charge is 0.258 e. The van der Waals surface area contributed by atoms with Crippen LogP contribution in [0.4, 0.5) is 17.1 Å². The summed E-state index contributed by atoms with van der Waals surface area (Å²) in [6.45, 7) is 3.23. The van der Waals surface area contributed by atoms with Crippen LogP contribution in [0.5, 0.6) is 5.88 Å². The van der Waals surface area contributed by atoms with Gasteiger partial charge < -0.3 is 16.2 Å². The summed E-state index contributed by atoms with van der Waals surface area (Å²) in [5.74, 6) is -0.738. The molecule has 2 heterocycles. The zero-order valence-electron chi connectivity index (χ0n) is 20.4. The van der Waals surface area contributed by atoms with Crippen LogP contribution in [-0.2, 0) is 6.54 Å². The number of nitrogens with one attached hydrogen (secondary N) is 2. The van der Waals surface area contributed by atoms with Gasteiger partial charge in [0.2, 0.25) is 11.8 Å². The zero-order valence-corrected chi connectivity index (χ0v) is 20.4. The number of H-pyrrole nitrogens is 1. The van der Waals surface area contributed by atoms with Gasteiger partial charge in [0, 0.05) is 40.5 Å². The number of aromatic hydroxyl groups is 1. The van der Waals surface area contributed by atoms with Crippen molar-refractivity contribution in [1.29, 1.82) is 0 Å². The summed E-state index contributed by atoms with van der Waals surface area (Å²) in [7, 11) is 0. The Hall–Kier alpha value is -4.43. The molecular formula is C29H29N5O3. The van der Waals surface area contributed by atoms with Crippen LogP contribution >= 0.6 is 0 Å². The fourth-order valence-corrected chi connectivity index (χ4v) is 4.63. The molecule has 5 rings (SSSR count). The second-order valence-electron chi connectivity index (χ2n) is 9.30. The number of carbonyl (C=O) groups excluding carboxylic acids is 1. The topological polar surface area (TPSA) is 124 Å². The zero-order chi connectivity index (χ0) is 25.8. The molecule has 188 valence electrons. The molecule has 0 radical (unpaired) electrons. The number of aromatic nitrogens is 1. The number of primary amides is 1. The molecule has 1 fully saturated rings. The molecule has 8 nitrogen and oxygen atoms in total. The Bertz CT molecular complexity index is 1500. The lowest BCUT2D eigenvalue weighted by molar-refractivity contribution is 0.100. The maximum absolute atomic E-state index is 12.5. The largest absolute Gasteiger partial charge is 0.494 e. The average Bonchev–Trinajstić information content (AvgIpc) is 2.90. The van der Waals surface area contributed by atoms with Crippen LogP contribution in [0.15, 0.2) is 76.5 Å². The highest BCUT2D eigenvalue weighted by atomic mass is 16.3. The normalized spacial score (nSPS) is 14.3. The summed E-state index contributed by atoms with van der Waals surface area (Å²) in [4.78, 5) is 33.3. The number of nitrogens with two attached hydrogens (primary N) is 1. The van der Waals surface area contributed by atoms with Crippen molar-refractivity contribution in [3.05, 3.63) is 93.8 Å². The number of piperidine rings is 1. The summed E-state index contributed by atoms with van der Waals surface area (Å²) in [6, 6.07) is 20.1. The Morgan fingerprint density at radius 1 is 0.973 bits per heavy atom. The first-order chi connectivity index (χ1) is 18.0. The van der Waals surface area contributed by atoms with Gasteiger partial charge in [-0.15, -0.1) is 0 Å². The van der Waals surface area contributed by atoms with Gasteiger partial charge in [-0.1, -0.05) is 18.6 Å². The highest BCUT2D eigenvalue weighted by Gasteiger charge is 2.12. The monoisotopic (exact) mass is 495 g/mol. The van der Waals surface area contributed by atoms with Crippen molar-refractivity contribution in [2.75, 3.05) is 18.4 Å². The molecule has 5 N–H and O–H groups in total. The Balaban J connectivity index is 1.39. The SMILES string of the molecule is NC(=O)c1ccc(Nc2ccc3c(=O)[nH]c(O)c(C=Nc4ccc(CN5CCCCC5)cc4)c3c2)cc1. The van der Waals surface area contributed by atoms with Crippen molar-refractivity contribution >= 4 is 40.0 Å². The van der Waals surface area contributed by atoms with Gasteiger partial charge in [-0.05, 0) is 86.1 Å². The number of fused-ring (bicyclic) bond motifs is 1. The molecule has 3 aromatic carbocycles. The maximum Gasteiger partial charge on any atom is 0.258 e. The van der Waals surface area contributed by atoms with E-state index in [2.05, 4.69) is 32.3 Å². The van der Waals surface area contributed by atoms with E-state index >= 15 is 0 Å². The number of rotatable bonds is 7. The molecule has 1 aliphatic rings. The van der Waals surface area contributed by atoms with E-state index < -0.39 is 5.91 Å². The van der Waals surface area contributed by atoms with Crippen LogP contribution in [-0.4, -0.2) is 40.2 Å². The van der Waals surface area contributed by atoms with Gasteiger partial charge in [0.05, 0.1) is 11.3 Å². The van der Waals surface area contributed by atoms with Crippen molar-refractivity contribution in [3.63, 3.8) is 0 Å². The third kappa shape index (κ3) is 5.70. The van der Waals surface area contributed by atoms with Gasteiger partial charge in [-0.25, -0.2) is 0 Å². The standard InChI is InChI=1S/C29H29N5O3/c30-27(35)20-6-10-22(11-7-20)32-23-12-13-24-25(16-23)26(29(37)33-28(24)36)17-31-21-8-4-19(5-9-21)18-34-14-2-1-3-15-34/h4-13,16-17,32H,1-3,14-15,18H2,(H2,30,35)(H2,33,36,37). The molecule has 1 amide bonds. The van der Waals surface area contributed by atoms with Crippen molar-refractivity contribution in [1.82, 2.24) is 9.88 Å². The molecule has 1 saturated heterocycles. The summed E-state index contributed by atoms with van der Waals surface area (Å²) in [5.41, 5.74) is 9.22. The lowest BCUT2D eigenvalue weighted by atomic mass is 10.1. The van der Waals surface area contributed by atoms with E-state index in [0.29, 0.717) is 27.6 Å². The molecule has 0 unspecified atom stereocenters. The van der Waals surface area contributed by atoms with Crippen molar-refractivity contribution < 1.29 is 9.90 Å². The lowest BCUT2D eigenvalue weighted by Gasteiger charge is -2.26. The summed E-state index contributed by atoms with van der Waals surface area (Å²) in [5, 5.41) is 14.8. The van der Waals surface area contributed by atoms with E-state index in [9.17, 15) is 14.7 Å². The number of aliphatic imine (C=N–C) groups is 1. The molecule has 1 aromatic heterocycles. The van der Waals surface area contributed by atoms with Crippen molar-refractivity contribution in [3.8, 4) is 5.88 Å². The van der Waals surface area contributed by atoms with Gasteiger partial charge in [0.25, 0.3) is 5.56 Å². The molecule has 8 heteroatoms. The minimum Gasteiger partial charge on any atom is -0.494 e. The number of amides is 1. The fourth-order valence-electron chi connectivity index (χ4n) is 4.63. The first kappa shape index (κ1) is 24.3. The average molecular weight is 496 g/mol. The molecule has 0 atom stereocenters. The lowest BCUT2D eigenvalue weighted by Crippen LogP contribution is -2.28. The van der Waals surface area contributed by atoms with Gasteiger partial charge in [0.1, 0.15) is 0 Å². The first-order valence-corrected chi connectivity index (χ1v) is 12.4. The number of pyridine rings is 1. The molecule has 0 aliphatic carbocycles. The number of aromatic amines is 1. The van der Waals surface area contributed by atoms with Crippen LogP contribution in [0.1, 0.15) is 40.7 Å². The molecule has 1 aliphatic heterocycles. The molecule has 37 heavy (non-hydrogen) atoms. The molecule has 0 bridgehead atoms. The minimum atomic E-state index is -0.493. The van der Waals surface area contributed by atoms with Crippen molar-refractivity contribution in [2.45, 2.75) is 25.8 Å². The van der Waals surface area contributed by atoms with E-state index in [0.717, 1.165) is 31.0 Å². The highest BCUT2D eigenvalue weighted by molar-refractivity contribution is 6.03. The van der Waals surface area contributed by atoms with Crippen LogP contribution < -0.4 is 16.6 Å². The Morgan fingerprint density at radius 3 is 2.38 bits per heavy atom. The van der Waals surface area contributed by atoms with Crippen LogP contribution in [0, 0.1) is 0 Å². The molecule has 4 aromatic rings. The Labute approximate surface area is 214 Å².